The van der Waals surface area contributed by atoms with Crippen LogP contribution in [0.25, 0.3) is 0 Å². The molecular weight excluding hydrogens is 268 g/mol. The fourth-order valence-corrected chi connectivity index (χ4v) is 2.98. The van der Waals surface area contributed by atoms with Crippen molar-refractivity contribution in [1.82, 2.24) is 9.88 Å². The fourth-order valence-electron chi connectivity index (χ4n) is 2.98. The smallest absolute Gasteiger partial charge is 0.253 e. The molecule has 1 aliphatic rings. The van der Waals surface area contributed by atoms with E-state index in [1.807, 2.05) is 0 Å². The lowest BCUT2D eigenvalue weighted by Gasteiger charge is -2.24. The van der Waals surface area contributed by atoms with Crippen LogP contribution in [0.5, 0.6) is 0 Å². The summed E-state index contributed by atoms with van der Waals surface area (Å²) in [6, 6.07) is 3.53. The molecule has 1 aromatic heterocycles. The Bertz CT molecular complexity index is 539. The molecule has 1 aliphatic carbocycles. The predicted octanol–water partition coefficient (Wildman–Crippen LogP) is 1.21. The molecule has 2 rings (SSSR count). The van der Waals surface area contributed by atoms with Crippen molar-refractivity contribution in [2.45, 2.75) is 51.6 Å². The Kier molecular flexibility index (Phi) is 5.56. The van der Waals surface area contributed by atoms with Gasteiger partial charge < -0.3 is 15.0 Å². The van der Waals surface area contributed by atoms with Gasteiger partial charge in [-0.3, -0.25) is 9.59 Å². The first-order valence-electron chi connectivity index (χ1n) is 7.68. The molecule has 21 heavy (non-hydrogen) atoms. The Labute approximate surface area is 125 Å². The van der Waals surface area contributed by atoms with Crippen molar-refractivity contribution in [3.05, 3.63) is 34.2 Å². The molecule has 0 spiro atoms. The third kappa shape index (κ3) is 4.17. The molecular formula is C16H24N2O3. The van der Waals surface area contributed by atoms with Crippen LogP contribution < -0.4 is 10.9 Å². The zero-order valence-electron chi connectivity index (χ0n) is 12.5. The van der Waals surface area contributed by atoms with Crippen molar-refractivity contribution >= 4 is 5.91 Å². The molecule has 1 heterocycles. The molecule has 0 bridgehead atoms. The summed E-state index contributed by atoms with van der Waals surface area (Å²) in [4.78, 5) is 24.1. The maximum Gasteiger partial charge on any atom is 0.253 e. The fraction of sp³-hybridized carbons (Fsp3) is 0.625. The standard InChI is InChI=1S/C16H24N2O3/c1-12-6-5-9-18(16(12)21)10-15(20)17-14-8-4-2-3-7-13(14)11-19/h5-6,9,13-14,19H,2-4,7-8,10-11H2,1H3,(H,17,20). The predicted molar refractivity (Wildman–Crippen MR) is 81.0 cm³/mol. The molecule has 1 amide bonds. The summed E-state index contributed by atoms with van der Waals surface area (Å²) in [5.74, 6) is -0.0290. The van der Waals surface area contributed by atoms with Gasteiger partial charge >= 0.3 is 0 Å². The Morgan fingerprint density at radius 2 is 2.14 bits per heavy atom. The van der Waals surface area contributed by atoms with Crippen LogP contribution >= 0.6 is 0 Å². The van der Waals surface area contributed by atoms with Crippen molar-refractivity contribution in [2.24, 2.45) is 5.92 Å². The molecule has 2 unspecified atom stereocenters. The summed E-state index contributed by atoms with van der Waals surface area (Å²) in [7, 11) is 0. The number of nitrogens with one attached hydrogen (secondary N) is 1. The lowest BCUT2D eigenvalue weighted by atomic mass is 9.95. The molecule has 5 heteroatoms. The summed E-state index contributed by atoms with van der Waals surface area (Å²) < 4.78 is 1.43. The van der Waals surface area contributed by atoms with E-state index in [9.17, 15) is 14.7 Å². The monoisotopic (exact) mass is 292 g/mol. The summed E-state index contributed by atoms with van der Waals surface area (Å²) in [5.41, 5.74) is 0.500. The van der Waals surface area contributed by atoms with E-state index in [1.165, 1.54) is 4.57 Å². The average molecular weight is 292 g/mol. The van der Waals surface area contributed by atoms with Crippen LogP contribution in [-0.2, 0) is 11.3 Å². The van der Waals surface area contributed by atoms with E-state index in [0.717, 1.165) is 32.1 Å². The van der Waals surface area contributed by atoms with E-state index in [0.29, 0.717) is 5.56 Å². The highest BCUT2D eigenvalue weighted by atomic mass is 16.3. The van der Waals surface area contributed by atoms with Crippen LogP contribution in [0, 0.1) is 12.8 Å². The van der Waals surface area contributed by atoms with Gasteiger partial charge in [0.1, 0.15) is 6.54 Å². The number of pyridine rings is 1. The van der Waals surface area contributed by atoms with Gasteiger partial charge in [-0.2, -0.15) is 0 Å². The number of carbonyl (C=O) groups excluding carboxylic acids is 1. The van der Waals surface area contributed by atoms with E-state index in [1.54, 1.807) is 25.3 Å². The second-order valence-electron chi connectivity index (χ2n) is 5.88. The van der Waals surface area contributed by atoms with Gasteiger partial charge in [0.05, 0.1) is 0 Å². The van der Waals surface area contributed by atoms with Gasteiger partial charge in [-0.25, -0.2) is 0 Å². The lowest BCUT2D eigenvalue weighted by Crippen LogP contribution is -2.43. The van der Waals surface area contributed by atoms with Gasteiger partial charge in [-0.1, -0.05) is 25.3 Å². The maximum atomic E-state index is 12.2. The number of hydrogen-bond acceptors (Lipinski definition) is 3. The van der Waals surface area contributed by atoms with E-state index >= 15 is 0 Å². The number of aliphatic hydroxyl groups excluding tert-OH is 1. The molecule has 1 fully saturated rings. The van der Waals surface area contributed by atoms with Crippen molar-refractivity contribution in [2.75, 3.05) is 6.61 Å². The number of aromatic nitrogens is 1. The van der Waals surface area contributed by atoms with E-state index in [-0.39, 0.29) is 36.6 Å². The van der Waals surface area contributed by atoms with Gasteiger partial charge in [0, 0.05) is 30.3 Å². The second kappa shape index (κ2) is 7.41. The van der Waals surface area contributed by atoms with Crippen LogP contribution in [0.15, 0.2) is 23.1 Å². The summed E-state index contributed by atoms with van der Waals surface area (Å²) >= 11 is 0. The molecule has 0 aliphatic heterocycles. The second-order valence-corrected chi connectivity index (χ2v) is 5.88. The lowest BCUT2D eigenvalue weighted by molar-refractivity contribution is -0.123. The average Bonchev–Trinajstić information content (AvgIpc) is 2.69. The third-order valence-electron chi connectivity index (χ3n) is 4.26. The molecule has 0 aromatic carbocycles. The minimum Gasteiger partial charge on any atom is -0.396 e. The van der Waals surface area contributed by atoms with Crippen molar-refractivity contribution in [3.8, 4) is 0 Å². The molecule has 1 aromatic rings. The first-order chi connectivity index (χ1) is 10.1. The first-order valence-corrected chi connectivity index (χ1v) is 7.68. The van der Waals surface area contributed by atoms with Crippen LogP contribution in [-0.4, -0.2) is 28.2 Å². The van der Waals surface area contributed by atoms with Gasteiger partial charge in [0.2, 0.25) is 5.91 Å². The highest BCUT2D eigenvalue weighted by molar-refractivity contribution is 5.76. The molecule has 1 saturated carbocycles. The van der Waals surface area contributed by atoms with E-state index in [2.05, 4.69) is 5.32 Å². The van der Waals surface area contributed by atoms with Crippen molar-refractivity contribution < 1.29 is 9.90 Å². The summed E-state index contributed by atoms with van der Waals surface area (Å²) in [6.07, 6.45) is 6.82. The molecule has 5 nitrogen and oxygen atoms in total. The Balaban J connectivity index is 2.00. The van der Waals surface area contributed by atoms with E-state index in [4.69, 9.17) is 0 Å². The molecule has 2 atom stereocenters. The molecule has 2 N–H and O–H groups in total. The topological polar surface area (TPSA) is 71.3 Å². The Hall–Kier alpha value is -1.62. The number of hydrogen-bond donors (Lipinski definition) is 2. The summed E-state index contributed by atoms with van der Waals surface area (Å²) in [6.45, 7) is 1.88. The minimum atomic E-state index is -0.159. The zero-order valence-corrected chi connectivity index (χ0v) is 12.5. The van der Waals surface area contributed by atoms with Crippen LogP contribution in [0.1, 0.15) is 37.7 Å². The zero-order chi connectivity index (χ0) is 15.2. The molecule has 0 radical (unpaired) electrons. The summed E-state index contributed by atoms with van der Waals surface area (Å²) in [5, 5.41) is 12.5. The first kappa shape index (κ1) is 15.8. The molecule has 0 saturated heterocycles. The third-order valence-corrected chi connectivity index (χ3v) is 4.26. The van der Waals surface area contributed by atoms with Gasteiger partial charge in [0.15, 0.2) is 0 Å². The largest absolute Gasteiger partial charge is 0.396 e. The van der Waals surface area contributed by atoms with Gasteiger partial charge in [-0.15, -0.1) is 0 Å². The quantitative estimate of drug-likeness (QED) is 0.820. The highest BCUT2D eigenvalue weighted by Gasteiger charge is 2.24. The number of nitrogens with zero attached hydrogens (tertiary/aromatic N) is 1. The number of rotatable bonds is 4. The Morgan fingerprint density at radius 3 is 2.90 bits per heavy atom. The van der Waals surface area contributed by atoms with Crippen molar-refractivity contribution in [1.29, 1.82) is 0 Å². The van der Waals surface area contributed by atoms with E-state index < -0.39 is 0 Å². The number of aryl methyl sites for hydroxylation is 1. The van der Waals surface area contributed by atoms with Crippen LogP contribution in [0.2, 0.25) is 0 Å². The minimum absolute atomic E-state index is 0.0190. The number of aliphatic hydroxyl groups is 1. The van der Waals surface area contributed by atoms with Gasteiger partial charge in [-0.05, 0) is 25.8 Å². The molecule has 116 valence electrons. The highest BCUT2D eigenvalue weighted by Crippen LogP contribution is 2.23. The number of amides is 1. The van der Waals surface area contributed by atoms with Crippen molar-refractivity contribution in [3.63, 3.8) is 0 Å². The van der Waals surface area contributed by atoms with Gasteiger partial charge in [0.25, 0.3) is 5.56 Å². The normalized spacial score (nSPS) is 22.6. The van der Waals surface area contributed by atoms with Crippen LogP contribution in [0.3, 0.4) is 0 Å². The maximum absolute atomic E-state index is 12.2. The number of carbonyl (C=O) groups is 1. The Morgan fingerprint density at radius 1 is 1.38 bits per heavy atom. The van der Waals surface area contributed by atoms with Crippen LogP contribution in [0.4, 0.5) is 0 Å². The SMILES string of the molecule is Cc1cccn(CC(=O)NC2CCCCCC2CO)c1=O.